The van der Waals surface area contributed by atoms with Gasteiger partial charge in [-0.25, -0.2) is 9.78 Å². The lowest BCUT2D eigenvalue weighted by atomic mass is 10.2. The summed E-state index contributed by atoms with van der Waals surface area (Å²) in [5, 5.41) is 12.2. The lowest BCUT2D eigenvalue weighted by molar-refractivity contribution is 0.0656. The van der Waals surface area contributed by atoms with E-state index in [-0.39, 0.29) is 5.76 Å². The number of benzene rings is 1. The molecule has 0 spiro atoms. The van der Waals surface area contributed by atoms with E-state index in [9.17, 15) is 4.79 Å². The van der Waals surface area contributed by atoms with Gasteiger partial charge in [0, 0.05) is 11.6 Å². The molecule has 1 N–H and O–H groups in total. The number of carbonyl (C=O) groups is 1. The van der Waals surface area contributed by atoms with Crippen LogP contribution in [0, 0.1) is 0 Å². The van der Waals surface area contributed by atoms with Crippen molar-refractivity contribution in [1.82, 2.24) is 4.98 Å². The van der Waals surface area contributed by atoms with Crippen LogP contribution in [-0.4, -0.2) is 16.1 Å². The lowest BCUT2D eigenvalue weighted by Gasteiger charge is -2.02. The molecule has 1 aromatic carbocycles. The summed E-state index contributed by atoms with van der Waals surface area (Å²) in [6.07, 6.45) is 1.73. The van der Waals surface area contributed by atoms with E-state index in [4.69, 9.17) is 9.52 Å². The first-order valence-electron chi connectivity index (χ1n) is 5.59. The Kier molecular flexibility index (Phi) is 2.97. The van der Waals surface area contributed by atoms with Gasteiger partial charge in [0.25, 0.3) is 0 Å². The minimum atomic E-state index is -1.07. The number of hydrogen-bond donors (Lipinski definition) is 1. The average Bonchev–Trinajstić information content (AvgIpc) is 2.88. The lowest BCUT2D eigenvalue weighted by Crippen LogP contribution is -1.91. The van der Waals surface area contributed by atoms with Crippen LogP contribution < -0.4 is 0 Å². The normalized spacial score (nSPS) is 10.7. The third kappa shape index (κ3) is 2.32. The van der Waals surface area contributed by atoms with Crippen LogP contribution in [0.3, 0.4) is 0 Å². The zero-order valence-corrected chi connectivity index (χ0v) is 10.6. The Hall–Kier alpha value is -2.27. The zero-order valence-electron chi connectivity index (χ0n) is 9.74. The van der Waals surface area contributed by atoms with E-state index >= 15 is 0 Å². The Balaban J connectivity index is 1.98. The molecule has 0 aliphatic carbocycles. The van der Waals surface area contributed by atoms with Crippen LogP contribution in [0.2, 0.25) is 0 Å². The van der Waals surface area contributed by atoms with Crippen molar-refractivity contribution in [2.75, 3.05) is 0 Å². The summed E-state index contributed by atoms with van der Waals surface area (Å²) in [4.78, 5) is 15.1. The number of furan rings is 1. The average molecular weight is 271 g/mol. The first kappa shape index (κ1) is 11.8. The molecule has 0 saturated carbocycles. The van der Waals surface area contributed by atoms with Gasteiger partial charge in [0.2, 0.25) is 5.76 Å². The molecule has 0 fully saturated rings. The van der Waals surface area contributed by atoms with E-state index in [1.54, 1.807) is 12.3 Å². The van der Waals surface area contributed by atoms with Crippen molar-refractivity contribution in [3.05, 3.63) is 54.4 Å². The fourth-order valence-corrected chi connectivity index (χ4v) is 2.63. The molecule has 5 heteroatoms. The third-order valence-corrected chi connectivity index (χ3v) is 3.57. The maximum Gasteiger partial charge on any atom is 0.371 e. The molecule has 0 aliphatic heterocycles. The highest BCUT2D eigenvalue weighted by atomic mass is 32.2. The minimum absolute atomic E-state index is 0.0669. The smallest absolute Gasteiger partial charge is 0.371 e. The first-order valence-corrected chi connectivity index (χ1v) is 6.40. The summed E-state index contributed by atoms with van der Waals surface area (Å²) < 4.78 is 5.22. The second-order valence-electron chi connectivity index (χ2n) is 3.86. The van der Waals surface area contributed by atoms with E-state index in [0.717, 1.165) is 15.8 Å². The van der Waals surface area contributed by atoms with E-state index < -0.39 is 5.97 Å². The van der Waals surface area contributed by atoms with Crippen molar-refractivity contribution in [2.45, 2.75) is 10.1 Å². The number of hydrogen-bond acceptors (Lipinski definition) is 4. The molecular weight excluding hydrogens is 262 g/mol. The van der Waals surface area contributed by atoms with Crippen molar-refractivity contribution in [1.29, 1.82) is 0 Å². The Bertz CT molecular complexity index is 746. The molecule has 94 valence electrons. The largest absolute Gasteiger partial charge is 0.475 e. The monoisotopic (exact) mass is 271 g/mol. The number of pyridine rings is 1. The maximum absolute atomic E-state index is 10.8. The molecular formula is C14H9NO3S. The van der Waals surface area contributed by atoms with Gasteiger partial charge < -0.3 is 9.52 Å². The first-order chi connectivity index (χ1) is 9.24. The van der Waals surface area contributed by atoms with Crippen LogP contribution in [0.1, 0.15) is 10.6 Å². The van der Waals surface area contributed by atoms with Crippen molar-refractivity contribution >= 4 is 28.5 Å². The van der Waals surface area contributed by atoms with Crippen molar-refractivity contribution < 1.29 is 14.3 Å². The van der Waals surface area contributed by atoms with Gasteiger partial charge in [-0.3, -0.25) is 0 Å². The Morgan fingerprint density at radius 3 is 2.79 bits per heavy atom. The zero-order chi connectivity index (χ0) is 13.2. The highest BCUT2D eigenvalue weighted by Crippen LogP contribution is 2.32. The topological polar surface area (TPSA) is 63.3 Å². The van der Waals surface area contributed by atoms with E-state index in [1.807, 2.05) is 30.3 Å². The van der Waals surface area contributed by atoms with Gasteiger partial charge in [-0.15, -0.1) is 0 Å². The highest BCUT2D eigenvalue weighted by molar-refractivity contribution is 7.99. The quantitative estimate of drug-likeness (QED) is 0.787. The van der Waals surface area contributed by atoms with Crippen molar-refractivity contribution in [3.63, 3.8) is 0 Å². The Morgan fingerprint density at radius 2 is 2.00 bits per heavy atom. The predicted octanol–water partition coefficient (Wildman–Crippen LogP) is 3.68. The molecule has 3 aromatic rings. The van der Waals surface area contributed by atoms with Crippen LogP contribution in [0.4, 0.5) is 0 Å². The SMILES string of the molecule is O=C(O)c1ccc(Sc2nccc3ccccc23)o1. The van der Waals surface area contributed by atoms with Crippen molar-refractivity contribution in [2.24, 2.45) is 0 Å². The Labute approximate surface area is 113 Å². The molecule has 2 aromatic heterocycles. The van der Waals surface area contributed by atoms with Crippen LogP contribution >= 0.6 is 11.8 Å². The van der Waals surface area contributed by atoms with Gasteiger partial charge in [-0.05, 0) is 35.3 Å². The van der Waals surface area contributed by atoms with Crippen LogP contribution in [-0.2, 0) is 0 Å². The number of aromatic nitrogens is 1. The summed E-state index contributed by atoms with van der Waals surface area (Å²) in [6.45, 7) is 0. The van der Waals surface area contributed by atoms with Crippen LogP contribution in [0.5, 0.6) is 0 Å². The molecule has 3 rings (SSSR count). The van der Waals surface area contributed by atoms with Gasteiger partial charge in [0.15, 0.2) is 5.09 Å². The molecule has 0 atom stereocenters. The third-order valence-electron chi connectivity index (χ3n) is 2.63. The molecule has 19 heavy (non-hydrogen) atoms. The number of aromatic carboxylic acids is 1. The fourth-order valence-electron chi connectivity index (χ4n) is 1.76. The number of carboxylic acids is 1. The molecule has 0 amide bonds. The van der Waals surface area contributed by atoms with Gasteiger partial charge in [0.05, 0.1) is 0 Å². The number of fused-ring (bicyclic) bond motifs is 1. The molecule has 0 radical (unpaired) electrons. The standard InChI is InChI=1S/C14H9NO3S/c16-14(17)11-5-6-12(18-11)19-13-10-4-2-1-3-9(10)7-8-15-13/h1-8H,(H,16,17). The number of carboxylic acid groups (broad SMARTS) is 1. The summed E-state index contributed by atoms with van der Waals surface area (Å²) >= 11 is 1.31. The molecule has 2 heterocycles. The van der Waals surface area contributed by atoms with Gasteiger partial charge >= 0.3 is 5.97 Å². The highest BCUT2D eigenvalue weighted by Gasteiger charge is 2.11. The fraction of sp³-hybridized carbons (Fsp3) is 0. The summed E-state index contributed by atoms with van der Waals surface area (Å²) in [5.41, 5.74) is 0. The Morgan fingerprint density at radius 1 is 1.16 bits per heavy atom. The van der Waals surface area contributed by atoms with Crippen molar-refractivity contribution in [3.8, 4) is 0 Å². The minimum Gasteiger partial charge on any atom is -0.475 e. The van der Waals surface area contributed by atoms with Crippen LogP contribution in [0.15, 0.2) is 63.2 Å². The van der Waals surface area contributed by atoms with E-state index in [0.29, 0.717) is 5.09 Å². The number of rotatable bonds is 3. The number of nitrogens with zero attached hydrogens (tertiary/aromatic N) is 1. The molecule has 0 aliphatic rings. The van der Waals surface area contributed by atoms with Gasteiger partial charge in [-0.2, -0.15) is 0 Å². The summed E-state index contributed by atoms with van der Waals surface area (Å²) in [6, 6.07) is 12.9. The summed E-state index contributed by atoms with van der Waals surface area (Å²) in [5.74, 6) is -1.14. The predicted molar refractivity (Wildman–Crippen MR) is 71.5 cm³/mol. The molecule has 0 unspecified atom stereocenters. The van der Waals surface area contributed by atoms with E-state index in [1.165, 1.54) is 17.8 Å². The molecule has 0 saturated heterocycles. The molecule has 4 nitrogen and oxygen atoms in total. The summed E-state index contributed by atoms with van der Waals surface area (Å²) in [7, 11) is 0. The second-order valence-corrected chi connectivity index (χ2v) is 4.86. The van der Waals surface area contributed by atoms with Gasteiger partial charge in [-0.1, -0.05) is 24.3 Å². The van der Waals surface area contributed by atoms with Gasteiger partial charge in [0.1, 0.15) is 5.03 Å². The van der Waals surface area contributed by atoms with E-state index in [2.05, 4.69) is 4.98 Å². The molecule has 0 bridgehead atoms. The van der Waals surface area contributed by atoms with Crippen LogP contribution in [0.25, 0.3) is 10.8 Å². The second kappa shape index (κ2) is 4.78. The maximum atomic E-state index is 10.8.